The summed E-state index contributed by atoms with van der Waals surface area (Å²) in [4.78, 5) is 7.33. The highest BCUT2D eigenvalue weighted by Gasteiger charge is 2.11. The highest BCUT2D eigenvalue weighted by molar-refractivity contribution is 7.91. The number of hydrogen-bond donors (Lipinski definition) is 0. The molecule has 0 fully saturated rings. The molecule has 1 heterocycles. The van der Waals surface area contributed by atoms with E-state index in [2.05, 4.69) is 9.97 Å². The molecule has 1 aromatic rings. The van der Waals surface area contributed by atoms with Crippen LogP contribution in [-0.2, 0) is 9.84 Å². The number of rotatable bonds is 2. The Kier molecular flexibility index (Phi) is 5.22. The van der Waals surface area contributed by atoms with Crippen molar-refractivity contribution in [1.82, 2.24) is 9.97 Å². The molecule has 0 amide bonds. The third kappa shape index (κ3) is 3.50. The monoisotopic (exact) mass is 202 g/mol. The predicted molar refractivity (Wildman–Crippen MR) is 51.1 cm³/mol. The second-order valence-electron chi connectivity index (χ2n) is 1.95. The standard InChI is InChI=1S/C6H8N2O2S.C2H6/c1-2-11(9,10)6-5-7-3-4-8-6;1-2/h3-5H,2H2,1H3;1-2H3. The predicted octanol–water partition coefficient (Wildman–Crippen LogP) is 1.30. The maximum atomic E-state index is 11.1. The molecule has 0 N–H and O–H groups in total. The molecule has 0 aromatic carbocycles. The second kappa shape index (κ2) is 5.64. The first-order valence-corrected chi connectivity index (χ1v) is 5.81. The lowest BCUT2D eigenvalue weighted by Gasteiger charge is -1.96. The second-order valence-corrected chi connectivity index (χ2v) is 4.17. The van der Waals surface area contributed by atoms with Crippen LogP contribution in [0.3, 0.4) is 0 Å². The Morgan fingerprint density at radius 3 is 2.31 bits per heavy atom. The van der Waals surface area contributed by atoms with Gasteiger partial charge in [0.25, 0.3) is 0 Å². The minimum absolute atomic E-state index is 0.0440. The fraction of sp³-hybridized carbons (Fsp3) is 0.500. The zero-order chi connectivity index (χ0) is 10.3. The highest BCUT2D eigenvalue weighted by atomic mass is 32.2. The van der Waals surface area contributed by atoms with E-state index in [-0.39, 0.29) is 10.8 Å². The molecule has 5 heteroatoms. The van der Waals surface area contributed by atoms with Crippen molar-refractivity contribution >= 4 is 9.84 Å². The van der Waals surface area contributed by atoms with Crippen LogP contribution in [0.15, 0.2) is 23.6 Å². The van der Waals surface area contributed by atoms with Crippen molar-refractivity contribution in [3.05, 3.63) is 18.6 Å². The SMILES string of the molecule is CC.CCS(=O)(=O)c1cnccn1. The lowest BCUT2D eigenvalue weighted by atomic mass is 10.8. The number of nitrogens with zero attached hydrogens (tertiary/aromatic N) is 2. The van der Waals surface area contributed by atoms with Gasteiger partial charge < -0.3 is 0 Å². The van der Waals surface area contributed by atoms with Crippen LogP contribution in [0, 0.1) is 0 Å². The van der Waals surface area contributed by atoms with Crippen LogP contribution in [0.25, 0.3) is 0 Å². The summed E-state index contributed by atoms with van der Waals surface area (Å²) in [5.74, 6) is 0.0612. The lowest BCUT2D eigenvalue weighted by molar-refractivity contribution is 0.593. The van der Waals surface area contributed by atoms with Crippen molar-refractivity contribution < 1.29 is 8.42 Å². The molecule has 13 heavy (non-hydrogen) atoms. The first kappa shape index (κ1) is 12.0. The van der Waals surface area contributed by atoms with E-state index in [1.54, 1.807) is 6.92 Å². The maximum absolute atomic E-state index is 11.1. The summed E-state index contributed by atoms with van der Waals surface area (Å²) in [6.45, 7) is 5.57. The fourth-order valence-electron chi connectivity index (χ4n) is 0.594. The zero-order valence-electron chi connectivity index (χ0n) is 8.06. The molecule has 0 radical (unpaired) electrons. The summed E-state index contributed by atoms with van der Waals surface area (Å²) >= 11 is 0. The van der Waals surface area contributed by atoms with Crippen LogP contribution in [0.2, 0.25) is 0 Å². The quantitative estimate of drug-likeness (QED) is 0.725. The van der Waals surface area contributed by atoms with Crippen LogP contribution < -0.4 is 0 Å². The van der Waals surface area contributed by atoms with Gasteiger partial charge in [-0.2, -0.15) is 0 Å². The van der Waals surface area contributed by atoms with E-state index in [0.717, 1.165) is 0 Å². The van der Waals surface area contributed by atoms with Crippen molar-refractivity contribution in [3.8, 4) is 0 Å². The summed E-state index contributed by atoms with van der Waals surface area (Å²) in [6, 6.07) is 0. The number of sulfone groups is 1. The van der Waals surface area contributed by atoms with Gasteiger partial charge in [-0.15, -0.1) is 0 Å². The summed E-state index contributed by atoms with van der Waals surface area (Å²) in [5.41, 5.74) is 0. The number of aromatic nitrogens is 2. The molecule has 4 nitrogen and oxygen atoms in total. The molecule has 1 rings (SSSR count). The Hall–Kier alpha value is -0.970. The molecule has 0 aliphatic heterocycles. The van der Waals surface area contributed by atoms with Gasteiger partial charge in [0, 0.05) is 12.4 Å². The molecular formula is C8H14N2O2S. The normalized spacial score (nSPS) is 10.1. The van der Waals surface area contributed by atoms with Gasteiger partial charge in [-0.25, -0.2) is 13.4 Å². The van der Waals surface area contributed by atoms with Crippen LogP contribution in [-0.4, -0.2) is 24.1 Å². The molecule has 0 aliphatic rings. The fourth-order valence-corrected chi connectivity index (χ4v) is 1.33. The van der Waals surface area contributed by atoms with Gasteiger partial charge in [-0.1, -0.05) is 20.8 Å². The van der Waals surface area contributed by atoms with Gasteiger partial charge in [-0.3, -0.25) is 4.98 Å². The van der Waals surface area contributed by atoms with E-state index in [0.29, 0.717) is 0 Å². The Bertz CT molecular complexity index is 321. The van der Waals surface area contributed by atoms with Crippen molar-refractivity contribution in [2.75, 3.05) is 5.75 Å². The summed E-state index contributed by atoms with van der Waals surface area (Å²) in [7, 11) is -3.17. The Morgan fingerprint density at radius 2 is 1.92 bits per heavy atom. The molecule has 74 valence electrons. The van der Waals surface area contributed by atoms with E-state index in [1.807, 2.05) is 13.8 Å². The van der Waals surface area contributed by atoms with E-state index in [9.17, 15) is 8.42 Å². The minimum Gasteiger partial charge on any atom is -0.260 e. The topological polar surface area (TPSA) is 59.9 Å². The van der Waals surface area contributed by atoms with Gasteiger partial charge >= 0.3 is 0 Å². The van der Waals surface area contributed by atoms with Crippen LogP contribution in [0.1, 0.15) is 20.8 Å². The molecule has 1 aromatic heterocycles. The molecule has 0 aliphatic carbocycles. The van der Waals surface area contributed by atoms with E-state index in [1.165, 1.54) is 18.6 Å². The number of hydrogen-bond acceptors (Lipinski definition) is 4. The van der Waals surface area contributed by atoms with Crippen molar-refractivity contribution in [2.24, 2.45) is 0 Å². The molecule has 0 bridgehead atoms. The van der Waals surface area contributed by atoms with Gasteiger partial charge in [0.05, 0.1) is 11.9 Å². The van der Waals surface area contributed by atoms with E-state index < -0.39 is 9.84 Å². The zero-order valence-corrected chi connectivity index (χ0v) is 8.87. The summed E-state index contributed by atoms with van der Waals surface area (Å²) in [6.07, 6.45) is 4.05. The molecule has 0 saturated heterocycles. The Morgan fingerprint density at radius 1 is 1.31 bits per heavy atom. The van der Waals surface area contributed by atoms with Gasteiger partial charge in [0.2, 0.25) is 0 Å². The van der Waals surface area contributed by atoms with Crippen LogP contribution in [0.5, 0.6) is 0 Å². The molecule has 0 unspecified atom stereocenters. The minimum atomic E-state index is -3.17. The first-order chi connectivity index (χ1) is 6.17. The van der Waals surface area contributed by atoms with Crippen LogP contribution >= 0.6 is 0 Å². The Balaban J connectivity index is 0.000000671. The third-order valence-electron chi connectivity index (χ3n) is 1.24. The molecule has 0 spiro atoms. The molecular weight excluding hydrogens is 188 g/mol. The van der Waals surface area contributed by atoms with Gasteiger partial charge in [0.15, 0.2) is 14.9 Å². The van der Waals surface area contributed by atoms with E-state index >= 15 is 0 Å². The third-order valence-corrected chi connectivity index (χ3v) is 2.85. The first-order valence-electron chi connectivity index (χ1n) is 4.15. The Labute approximate surface area is 79.0 Å². The lowest BCUT2D eigenvalue weighted by Crippen LogP contribution is -2.05. The van der Waals surface area contributed by atoms with Crippen molar-refractivity contribution in [2.45, 2.75) is 25.8 Å². The summed E-state index contributed by atoms with van der Waals surface area (Å²) in [5, 5.41) is 0.0440. The average molecular weight is 202 g/mol. The summed E-state index contributed by atoms with van der Waals surface area (Å²) < 4.78 is 22.2. The van der Waals surface area contributed by atoms with Crippen molar-refractivity contribution in [3.63, 3.8) is 0 Å². The van der Waals surface area contributed by atoms with Gasteiger partial charge in [-0.05, 0) is 0 Å². The smallest absolute Gasteiger partial charge is 0.196 e. The molecule has 0 saturated carbocycles. The van der Waals surface area contributed by atoms with Gasteiger partial charge in [0.1, 0.15) is 0 Å². The largest absolute Gasteiger partial charge is 0.260 e. The maximum Gasteiger partial charge on any atom is 0.196 e. The highest BCUT2D eigenvalue weighted by Crippen LogP contribution is 2.03. The van der Waals surface area contributed by atoms with E-state index in [4.69, 9.17) is 0 Å². The molecule has 0 atom stereocenters. The van der Waals surface area contributed by atoms with Crippen LogP contribution in [0.4, 0.5) is 0 Å². The average Bonchev–Trinajstić information content (AvgIpc) is 2.22. The van der Waals surface area contributed by atoms with Crippen molar-refractivity contribution in [1.29, 1.82) is 0 Å².